The number of anilines is 1. The smallest absolute Gasteiger partial charge is 0.227 e. The van der Waals surface area contributed by atoms with E-state index in [1.165, 1.54) is 12.1 Å². The summed E-state index contributed by atoms with van der Waals surface area (Å²) in [6.07, 6.45) is 0.463. The molecule has 0 saturated heterocycles. The molecule has 21 heavy (non-hydrogen) atoms. The minimum atomic E-state index is -0.290. The van der Waals surface area contributed by atoms with Crippen molar-refractivity contribution >= 4 is 23.4 Å². The van der Waals surface area contributed by atoms with Gasteiger partial charge in [-0.25, -0.2) is 4.39 Å². The molecule has 0 aliphatic rings. The molecule has 0 N–H and O–H groups in total. The quantitative estimate of drug-likeness (QED) is 0.739. The van der Waals surface area contributed by atoms with Crippen molar-refractivity contribution in [2.45, 2.75) is 18.2 Å². The standard InChI is InChI=1S/C17H18FNOS/c1-2-19(15-10-8-14(18)9-11-15)17(20)12-13-21-16-6-4-3-5-7-16/h3-11H,2,12-13H2,1H3. The molecular weight excluding hydrogens is 285 g/mol. The molecule has 0 spiro atoms. The summed E-state index contributed by atoms with van der Waals surface area (Å²) < 4.78 is 12.9. The highest BCUT2D eigenvalue weighted by molar-refractivity contribution is 7.99. The summed E-state index contributed by atoms with van der Waals surface area (Å²) in [5, 5.41) is 0. The number of carbonyl (C=O) groups is 1. The van der Waals surface area contributed by atoms with Crippen LogP contribution in [0.5, 0.6) is 0 Å². The van der Waals surface area contributed by atoms with Crippen LogP contribution in [0.3, 0.4) is 0 Å². The van der Waals surface area contributed by atoms with Crippen LogP contribution in [0.4, 0.5) is 10.1 Å². The van der Waals surface area contributed by atoms with E-state index >= 15 is 0 Å². The predicted octanol–water partition coefficient (Wildman–Crippen LogP) is 4.36. The van der Waals surface area contributed by atoms with Gasteiger partial charge in [0.2, 0.25) is 5.91 Å². The first-order chi connectivity index (χ1) is 10.2. The van der Waals surface area contributed by atoms with Gasteiger partial charge < -0.3 is 4.90 Å². The Kier molecular flexibility index (Phi) is 5.81. The first kappa shape index (κ1) is 15.6. The number of carbonyl (C=O) groups excluding carboxylic acids is 1. The van der Waals surface area contributed by atoms with Crippen LogP contribution >= 0.6 is 11.8 Å². The van der Waals surface area contributed by atoms with Crippen molar-refractivity contribution in [1.82, 2.24) is 0 Å². The van der Waals surface area contributed by atoms with E-state index in [2.05, 4.69) is 0 Å². The molecule has 2 nitrogen and oxygen atoms in total. The molecule has 4 heteroatoms. The molecule has 0 aliphatic heterocycles. The van der Waals surface area contributed by atoms with Crippen LogP contribution in [0, 0.1) is 5.82 Å². The van der Waals surface area contributed by atoms with Crippen molar-refractivity contribution in [3.8, 4) is 0 Å². The van der Waals surface area contributed by atoms with Crippen LogP contribution in [-0.4, -0.2) is 18.2 Å². The fourth-order valence-electron chi connectivity index (χ4n) is 2.03. The van der Waals surface area contributed by atoms with Gasteiger partial charge in [-0.05, 0) is 43.3 Å². The normalized spacial score (nSPS) is 10.4. The van der Waals surface area contributed by atoms with Crippen molar-refractivity contribution in [3.05, 3.63) is 60.4 Å². The second kappa shape index (κ2) is 7.84. The molecule has 0 radical (unpaired) electrons. The van der Waals surface area contributed by atoms with Crippen molar-refractivity contribution in [2.24, 2.45) is 0 Å². The first-order valence-electron chi connectivity index (χ1n) is 6.94. The minimum absolute atomic E-state index is 0.0625. The second-order valence-corrected chi connectivity index (χ2v) is 5.69. The Morgan fingerprint density at radius 3 is 2.38 bits per heavy atom. The fraction of sp³-hybridized carbons (Fsp3) is 0.235. The first-order valence-corrected chi connectivity index (χ1v) is 7.93. The molecule has 2 rings (SSSR count). The fourth-order valence-corrected chi connectivity index (χ4v) is 2.89. The summed E-state index contributed by atoms with van der Waals surface area (Å²) in [6, 6.07) is 16.1. The lowest BCUT2D eigenvalue weighted by Gasteiger charge is -2.21. The molecule has 0 fully saturated rings. The van der Waals surface area contributed by atoms with Crippen LogP contribution in [0.1, 0.15) is 13.3 Å². The van der Waals surface area contributed by atoms with Crippen LogP contribution in [0.2, 0.25) is 0 Å². The van der Waals surface area contributed by atoms with Crippen LogP contribution < -0.4 is 4.90 Å². The van der Waals surface area contributed by atoms with Crippen LogP contribution in [0.15, 0.2) is 59.5 Å². The highest BCUT2D eigenvalue weighted by atomic mass is 32.2. The number of benzene rings is 2. The van der Waals surface area contributed by atoms with Gasteiger partial charge in [0.05, 0.1) is 0 Å². The Bertz CT molecular complexity index is 571. The molecule has 110 valence electrons. The lowest BCUT2D eigenvalue weighted by atomic mass is 10.2. The van der Waals surface area contributed by atoms with Gasteiger partial charge in [-0.2, -0.15) is 0 Å². The summed E-state index contributed by atoms with van der Waals surface area (Å²) in [5.74, 6) is 0.509. The van der Waals surface area contributed by atoms with E-state index in [1.54, 1.807) is 28.8 Å². The van der Waals surface area contributed by atoms with Gasteiger partial charge in [-0.1, -0.05) is 18.2 Å². The maximum Gasteiger partial charge on any atom is 0.227 e. The molecule has 0 heterocycles. The van der Waals surface area contributed by atoms with E-state index < -0.39 is 0 Å². The van der Waals surface area contributed by atoms with Crippen molar-refractivity contribution in [3.63, 3.8) is 0 Å². The number of halogens is 1. The van der Waals surface area contributed by atoms with Crippen LogP contribution in [-0.2, 0) is 4.79 Å². The Morgan fingerprint density at radius 2 is 1.76 bits per heavy atom. The monoisotopic (exact) mass is 303 g/mol. The SMILES string of the molecule is CCN(C(=O)CCSc1ccccc1)c1ccc(F)cc1. The molecule has 0 aliphatic carbocycles. The maximum absolute atomic E-state index is 12.9. The van der Waals surface area contributed by atoms with Crippen molar-refractivity contribution in [2.75, 3.05) is 17.2 Å². The molecule has 1 amide bonds. The summed E-state index contributed by atoms with van der Waals surface area (Å²) in [4.78, 5) is 15.1. The predicted molar refractivity (Wildman–Crippen MR) is 86.2 cm³/mol. The van der Waals surface area contributed by atoms with E-state index in [0.717, 1.165) is 16.3 Å². The van der Waals surface area contributed by atoms with Gasteiger partial charge in [0.15, 0.2) is 0 Å². The van der Waals surface area contributed by atoms with Gasteiger partial charge in [0.1, 0.15) is 5.82 Å². The Morgan fingerprint density at radius 1 is 1.10 bits per heavy atom. The lowest BCUT2D eigenvalue weighted by molar-refractivity contribution is -0.118. The summed E-state index contributed by atoms with van der Waals surface area (Å²) in [5.41, 5.74) is 0.744. The highest BCUT2D eigenvalue weighted by Crippen LogP contribution is 2.20. The third-order valence-electron chi connectivity index (χ3n) is 3.08. The van der Waals surface area contributed by atoms with Crippen molar-refractivity contribution in [1.29, 1.82) is 0 Å². The molecule has 0 aromatic heterocycles. The van der Waals surface area contributed by atoms with Crippen LogP contribution in [0.25, 0.3) is 0 Å². The van der Waals surface area contributed by atoms with Gasteiger partial charge in [0, 0.05) is 29.3 Å². The number of hydrogen-bond donors (Lipinski definition) is 0. The van der Waals surface area contributed by atoms with E-state index in [1.807, 2.05) is 37.3 Å². The van der Waals surface area contributed by atoms with E-state index in [0.29, 0.717) is 13.0 Å². The molecule has 0 unspecified atom stereocenters. The third kappa shape index (κ3) is 4.60. The Labute approximate surface area is 129 Å². The van der Waals surface area contributed by atoms with E-state index in [4.69, 9.17) is 0 Å². The van der Waals surface area contributed by atoms with Gasteiger partial charge in [-0.3, -0.25) is 4.79 Å². The highest BCUT2D eigenvalue weighted by Gasteiger charge is 2.13. The molecule has 0 saturated carbocycles. The molecule has 0 atom stereocenters. The number of nitrogens with zero attached hydrogens (tertiary/aromatic N) is 1. The maximum atomic E-state index is 12.9. The number of thioether (sulfide) groups is 1. The molecular formula is C17H18FNOS. The van der Waals surface area contributed by atoms with Gasteiger partial charge in [-0.15, -0.1) is 11.8 Å². The van der Waals surface area contributed by atoms with Gasteiger partial charge >= 0.3 is 0 Å². The zero-order valence-corrected chi connectivity index (χ0v) is 12.8. The number of hydrogen-bond acceptors (Lipinski definition) is 2. The second-order valence-electron chi connectivity index (χ2n) is 4.53. The summed E-state index contributed by atoms with van der Waals surface area (Å²) in [7, 11) is 0. The summed E-state index contributed by atoms with van der Waals surface area (Å²) >= 11 is 1.67. The van der Waals surface area contributed by atoms with Crippen molar-refractivity contribution < 1.29 is 9.18 Å². The summed E-state index contributed by atoms with van der Waals surface area (Å²) in [6.45, 7) is 2.51. The zero-order valence-electron chi connectivity index (χ0n) is 12.0. The minimum Gasteiger partial charge on any atom is -0.313 e. The largest absolute Gasteiger partial charge is 0.313 e. The average Bonchev–Trinajstić information content (AvgIpc) is 2.51. The lowest BCUT2D eigenvalue weighted by Crippen LogP contribution is -2.30. The van der Waals surface area contributed by atoms with Gasteiger partial charge in [0.25, 0.3) is 0 Å². The topological polar surface area (TPSA) is 20.3 Å². The Balaban J connectivity index is 1.90. The zero-order chi connectivity index (χ0) is 15.1. The average molecular weight is 303 g/mol. The van der Waals surface area contributed by atoms with E-state index in [-0.39, 0.29) is 11.7 Å². The van der Waals surface area contributed by atoms with E-state index in [9.17, 15) is 9.18 Å². The third-order valence-corrected chi connectivity index (χ3v) is 4.10. The molecule has 2 aromatic carbocycles. The molecule has 2 aromatic rings. The number of amides is 1. The number of rotatable bonds is 6. The molecule has 0 bridgehead atoms. The Hall–Kier alpha value is -1.81.